The predicted molar refractivity (Wildman–Crippen MR) is 111 cm³/mol. The molecule has 3 rings (SSSR count). The van der Waals surface area contributed by atoms with Crippen molar-refractivity contribution in [2.45, 2.75) is 17.9 Å². The SMILES string of the molecule is COc1ccc(C(C)NS(=O)(=O)c2ccc(Oc3ccccc3)cc2)cc1OC. The lowest BCUT2D eigenvalue weighted by molar-refractivity contribution is 0.354. The van der Waals surface area contributed by atoms with Crippen molar-refractivity contribution >= 4 is 10.0 Å². The van der Waals surface area contributed by atoms with Crippen LogP contribution in [0.15, 0.2) is 77.7 Å². The molecule has 0 aliphatic heterocycles. The van der Waals surface area contributed by atoms with E-state index in [9.17, 15) is 8.42 Å². The van der Waals surface area contributed by atoms with Gasteiger partial charge in [-0.2, -0.15) is 0 Å². The number of benzene rings is 3. The smallest absolute Gasteiger partial charge is 0.241 e. The molecule has 1 unspecified atom stereocenters. The van der Waals surface area contributed by atoms with E-state index in [4.69, 9.17) is 14.2 Å². The van der Waals surface area contributed by atoms with Crippen molar-refractivity contribution in [3.63, 3.8) is 0 Å². The number of nitrogens with one attached hydrogen (secondary N) is 1. The number of hydrogen-bond donors (Lipinski definition) is 1. The molecule has 152 valence electrons. The first-order valence-electron chi connectivity index (χ1n) is 9.00. The van der Waals surface area contributed by atoms with Gasteiger partial charge in [0.05, 0.1) is 19.1 Å². The fraction of sp³-hybridized carbons (Fsp3) is 0.182. The van der Waals surface area contributed by atoms with E-state index >= 15 is 0 Å². The van der Waals surface area contributed by atoms with Crippen LogP contribution in [0.1, 0.15) is 18.5 Å². The van der Waals surface area contributed by atoms with Gasteiger partial charge in [0.15, 0.2) is 11.5 Å². The zero-order valence-electron chi connectivity index (χ0n) is 16.5. The second kappa shape index (κ2) is 8.98. The van der Waals surface area contributed by atoms with E-state index in [1.807, 2.05) is 30.3 Å². The second-order valence-corrected chi connectivity index (χ2v) is 8.06. The van der Waals surface area contributed by atoms with Crippen LogP contribution in [0.25, 0.3) is 0 Å². The average molecular weight is 413 g/mol. The summed E-state index contributed by atoms with van der Waals surface area (Å²) in [5.41, 5.74) is 0.759. The molecule has 0 fully saturated rings. The number of sulfonamides is 1. The highest BCUT2D eigenvalue weighted by molar-refractivity contribution is 7.89. The standard InChI is InChI=1S/C22H23NO5S/c1-16(17-9-14-21(26-2)22(15-17)27-3)23-29(24,25)20-12-10-19(11-13-20)28-18-7-5-4-6-8-18/h4-16,23H,1-3H3. The minimum absolute atomic E-state index is 0.158. The van der Waals surface area contributed by atoms with E-state index in [0.29, 0.717) is 23.0 Å². The summed E-state index contributed by atoms with van der Waals surface area (Å²) in [5, 5.41) is 0. The number of para-hydroxylation sites is 1. The lowest BCUT2D eigenvalue weighted by Gasteiger charge is -2.17. The summed E-state index contributed by atoms with van der Waals surface area (Å²) in [6.45, 7) is 1.77. The number of hydrogen-bond acceptors (Lipinski definition) is 5. The van der Waals surface area contributed by atoms with Crippen LogP contribution in [-0.4, -0.2) is 22.6 Å². The highest BCUT2D eigenvalue weighted by Crippen LogP contribution is 2.30. The van der Waals surface area contributed by atoms with Crippen molar-refractivity contribution in [2.24, 2.45) is 0 Å². The minimum atomic E-state index is -3.71. The normalized spacial score (nSPS) is 12.2. The van der Waals surface area contributed by atoms with E-state index in [2.05, 4.69) is 4.72 Å². The summed E-state index contributed by atoms with van der Waals surface area (Å²) in [7, 11) is -0.622. The van der Waals surface area contributed by atoms with Crippen LogP contribution in [0.4, 0.5) is 0 Å². The Morgan fingerprint density at radius 1 is 0.793 bits per heavy atom. The molecule has 0 aliphatic rings. The zero-order chi connectivity index (χ0) is 20.9. The van der Waals surface area contributed by atoms with Gasteiger partial charge in [-0.3, -0.25) is 0 Å². The molecule has 1 atom stereocenters. The zero-order valence-corrected chi connectivity index (χ0v) is 17.3. The Balaban J connectivity index is 1.73. The fourth-order valence-electron chi connectivity index (χ4n) is 2.80. The molecular weight excluding hydrogens is 390 g/mol. The predicted octanol–water partition coefficient (Wildman–Crippen LogP) is 4.54. The first-order valence-corrected chi connectivity index (χ1v) is 10.5. The van der Waals surface area contributed by atoms with Gasteiger partial charge in [-0.25, -0.2) is 13.1 Å². The largest absolute Gasteiger partial charge is 0.493 e. The first-order chi connectivity index (χ1) is 13.9. The molecule has 3 aromatic carbocycles. The summed E-state index contributed by atoms with van der Waals surface area (Å²) in [6.07, 6.45) is 0. The van der Waals surface area contributed by atoms with Crippen LogP contribution >= 0.6 is 0 Å². The molecule has 0 spiro atoms. The van der Waals surface area contributed by atoms with Crippen molar-refractivity contribution in [3.05, 3.63) is 78.4 Å². The van der Waals surface area contributed by atoms with Crippen molar-refractivity contribution in [1.82, 2.24) is 4.72 Å². The molecular formula is C22H23NO5S. The van der Waals surface area contributed by atoms with Gasteiger partial charge in [-0.15, -0.1) is 0 Å². The Hall–Kier alpha value is -3.03. The Morgan fingerprint density at radius 3 is 2.03 bits per heavy atom. The van der Waals surface area contributed by atoms with Gasteiger partial charge in [0.2, 0.25) is 10.0 Å². The molecule has 0 aromatic heterocycles. The van der Waals surface area contributed by atoms with E-state index in [-0.39, 0.29) is 4.90 Å². The van der Waals surface area contributed by atoms with Crippen LogP contribution in [-0.2, 0) is 10.0 Å². The Bertz CT molecular complexity index is 1050. The highest BCUT2D eigenvalue weighted by Gasteiger charge is 2.19. The minimum Gasteiger partial charge on any atom is -0.493 e. The Kier molecular flexibility index (Phi) is 6.41. The van der Waals surface area contributed by atoms with Crippen LogP contribution in [0.2, 0.25) is 0 Å². The fourth-order valence-corrected chi connectivity index (χ4v) is 4.03. The van der Waals surface area contributed by atoms with Gasteiger partial charge in [0.25, 0.3) is 0 Å². The number of ether oxygens (including phenoxy) is 3. The summed E-state index contributed by atoms with van der Waals surface area (Å²) in [6, 6.07) is 20.4. The van der Waals surface area contributed by atoms with Gasteiger partial charge in [-0.05, 0) is 61.0 Å². The third kappa shape index (κ3) is 5.07. The summed E-state index contributed by atoms with van der Waals surface area (Å²) in [4.78, 5) is 0.158. The summed E-state index contributed by atoms with van der Waals surface area (Å²) >= 11 is 0. The second-order valence-electron chi connectivity index (χ2n) is 6.34. The first kappa shape index (κ1) is 20.7. The van der Waals surface area contributed by atoms with E-state index in [1.54, 1.807) is 44.4 Å². The van der Waals surface area contributed by atoms with Crippen LogP contribution in [0.5, 0.6) is 23.0 Å². The third-order valence-corrected chi connectivity index (χ3v) is 5.91. The topological polar surface area (TPSA) is 73.9 Å². The molecule has 1 N–H and O–H groups in total. The van der Waals surface area contributed by atoms with Gasteiger partial charge in [0.1, 0.15) is 11.5 Å². The Morgan fingerprint density at radius 2 is 1.41 bits per heavy atom. The maximum absolute atomic E-state index is 12.8. The molecule has 3 aromatic rings. The molecule has 7 heteroatoms. The maximum atomic E-state index is 12.8. The quantitative estimate of drug-likeness (QED) is 0.587. The van der Waals surface area contributed by atoms with Crippen LogP contribution in [0.3, 0.4) is 0 Å². The van der Waals surface area contributed by atoms with Gasteiger partial charge < -0.3 is 14.2 Å². The van der Waals surface area contributed by atoms with E-state index in [1.165, 1.54) is 19.2 Å². The lowest BCUT2D eigenvalue weighted by atomic mass is 10.1. The van der Waals surface area contributed by atoms with Gasteiger partial charge >= 0.3 is 0 Å². The molecule has 0 amide bonds. The molecule has 6 nitrogen and oxygen atoms in total. The molecule has 0 bridgehead atoms. The third-order valence-electron chi connectivity index (χ3n) is 4.35. The van der Waals surface area contributed by atoms with Crippen LogP contribution in [0, 0.1) is 0 Å². The lowest BCUT2D eigenvalue weighted by Crippen LogP contribution is -2.26. The maximum Gasteiger partial charge on any atom is 0.241 e. The monoisotopic (exact) mass is 413 g/mol. The Labute approximate surface area is 171 Å². The molecule has 0 saturated heterocycles. The van der Waals surface area contributed by atoms with Gasteiger partial charge in [-0.1, -0.05) is 24.3 Å². The van der Waals surface area contributed by atoms with Crippen molar-refractivity contribution in [2.75, 3.05) is 14.2 Å². The van der Waals surface area contributed by atoms with Gasteiger partial charge in [0, 0.05) is 6.04 Å². The summed E-state index contributed by atoms with van der Waals surface area (Å²) < 4.78 is 44.4. The van der Waals surface area contributed by atoms with Crippen molar-refractivity contribution in [3.8, 4) is 23.0 Å². The molecule has 0 radical (unpaired) electrons. The summed E-state index contributed by atoms with van der Waals surface area (Å²) in [5.74, 6) is 2.37. The highest BCUT2D eigenvalue weighted by atomic mass is 32.2. The van der Waals surface area contributed by atoms with E-state index in [0.717, 1.165) is 5.56 Å². The van der Waals surface area contributed by atoms with Crippen molar-refractivity contribution in [1.29, 1.82) is 0 Å². The molecule has 0 saturated carbocycles. The molecule has 0 heterocycles. The van der Waals surface area contributed by atoms with Crippen molar-refractivity contribution < 1.29 is 22.6 Å². The van der Waals surface area contributed by atoms with Crippen LogP contribution < -0.4 is 18.9 Å². The molecule has 0 aliphatic carbocycles. The molecule has 29 heavy (non-hydrogen) atoms. The van der Waals surface area contributed by atoms with E-state index < -0.39 is 16.1 Å². The number of methoxy groups -OCH3 is 2. The average Bonchev–Trinajstić information content (AvgIpc) is 2.74. The number of rotatable bonds is 8.